The van der Waals surface area contributed by atoms with E-state index >= 15 is 0 Å². The van der Waals surface area contributed by atoms with Crippen molar-refractivity contribution in [1.29, 1.82) is 0 Å². The molecule has 0 radical (unpaired) electrons. The van der Waals surface area contributed by atoms with E-state index in [1.54, 1.807) is 24.3 Å². The fraction of sp³-hybridized carbons (Fsp3) is 0.400. The van der Waals surface area contributed by atoms with Gasteiger partial charge in [0.15, 0.2) is 6.61 Å². The summed E-state index contributed by atoms with van der Waals surface area (Å²) in [4.78, 5) is 35.1. The molecule has 1 aromatic carbocycles. The summed E-state index contributed by atoms with van der Waals surface area (Å²) in [6, 6.07) is 5.84. The van der Waals surface area contributed by atoms with E-state index < -0.39 is 30.4 Å². The van der Waals surface area contributed by atoms with E-state index in [0.717, 1.165) is 4.47 Å². The Bertz CT molecular complexity index is 547. The average Bonchev–Trinajstić information content (AvgIpc) is 2.53. The second kappa shape index (κ2) is 9.96. The number of carbonyl (C=O) groups is 3. The number of hydrogen-bond donors (Lipinski definition) is 2. The van der Waals surface area contributed by atoms with Crippen LogP contribution in [0, 0.1) is 0 Å². The Balaban J connectivity index is 2.37. The Morgan fingerprint density at radius 1 is 1.22 bits per heavy atom. The number of ether oxygens (including phenoxy) is 2. The van der Waals surface area contributed by atoms with Gasteiger partial charge in [0.2, 0.25) is 0 Å². The minimum absolute atomic E-state index is 0.336. The maximum absolute atomic E-state index is 12.0. The Kier molecular flexibility index (Phi) is 8.28. The summed E-state index contributed by atoms with van der Waals surface area (Å²) in [5.41, 5.74) is 0.421. The van der Waals surface area contributed by atoms with Crippen LogP contribution in [0.25, 0.3) is 0 Å². The van der Waals surface area contributed by atoms with Gasteiger partial charge in [0.25, 0.3) is 11.8 Å². The first-order valence-electron chi connectivity index (χ1n) is 6.92. The molecule has 0 aliphatic heterocycles. The zero-order valence-electron chi connectivity index (χ0n) is 12.9. The van der Waals surface area contributed by atoms with Gasteiger partial charge in [-0.25, -0.2) is 4.79 Å². The normalized spacial score (nSPS) is 11.4. The summed E-state index contributed by atoms with van der Waals surface area (Å²) in [5.74, 6) is -1.51. The highest BCUT2D eigenvalue weighted by Gasteiger charge is 2.18. The third-order valence-electron chi connectivity index (χ3n) is 2.78. The zero-order chi connectivity index (χ0) is 17.2. The molecule has 0 unspecified atom stereocenters. The molecule has 0 saturated carbocycles. The molecular formula is C15H19BrN2O5. The largest absolute Gasteiger partial charge is 0.454 e. The molecular weight excluding hydrogens is 368 g/mol. The van der Waals surface area contributed by atoms with E-state index in [2.05, 4.69) is 26.6 Å². The van der Waals surface area contributed by atoms with E-state index in [9.17, 15) is 14.4 Å². The molecule has 126 valence electrons. The standard InChI is InChI=1S/C15H19BrN2O5/c1-10(15(21)23-9-13(19)17-7-8-22-2)18-14(20)11-3-5-12(16)6-4-11/h3-6,10H,7-9H2,1-2H3,(H,17,19)(H,18,20)/t10-/m0/s1. The van der Waals surface area contributed by atoms with Crippen molar-refractivity contribution in [1.82, 2.24) is 10.6 Å². The van der Waals surface area contributed by atoms with Crippen LogP contribution >= 0.6 is 15.9 Å². The summed E-state index contributed by atoms with van der Waals surface area (Å²) in [5, 5.41) is 5.03. The number of amides is 2. The molecule has 0 bridgehead atoms. The van der Waals surface area contributed by atoms with Gasteiger partial charge in [-0.15, -0.1) is 0 Å². The summed E-state index contributed by atoms with van der Waals surface area (Å²) >= 11 is 3.27. The number of methoxy groups -OCH3 is 1. The molecule has 0 spiro atoms. The minimum Gasteiger partial charge on any atom is -0.454 e. The van der Waals surface area contributed by atoms with Crippen LogP contribution in [0.15, 0.2) is 28.7 Å². The fourth-order valence-electron chi connectivity index (χ4n) is 1.55. The van der Waals surface area contributed by atoms with Crippen LogP contribution in [0.2, 0.25) is 0 Å². The maximum atomic E-state index is 12.0. The highest BCUT2D eigenvalue weighted by atomic mass is 79.9. The lowest BCUT2D eigenvalue weighted by molar-refractivity contribution is -0.150. The Hall–Kier alpha value is -1.93. The topological polar surface area (TPSA) is 93.7 Å². The number of carbonyl (C=O) groups excluding carboxylic acids is 3. The fourth-order valence-corrected chi connectivity index (χ4v) is 1.81. The monoisotopic (exact) mass is 386 g/mol. The van der Waals surface area contributed by atoms with Crippen LogP contribution < -0.4 is 10.6 Å². The van der Waals surface area contributed by atoms with Gasteiger partial charge in [-0.3, -0.25) is 9.59 Å². The molecule has 2 amide bonds. The Labute approximate surface area is 142 Å². The lowest BCUT2D eigenvalue weighted by Crippen LogP contribution is -2.41. The average molecular weight is 387 g/mol. The molecule has 2 N–H and O–H groups in total. The van der Waals surface area contributed by atoms with Crippen molar-refractivity contribution >= 4 is 33.7 Å². The quantitative estimate of drug-likeness (QED) is 0.510. The van der Waals surface area contributed by atoms with Crippen LogP contribution in [0.3, 0.4) is 0 Å². The molecule has 0 aromatic heterocycles. The maximum Gasteiger partial charge on any atom is 0.328 e. The van der Waals surface area contributed by atoms with Crippen molar-refractivity contribution in [3.8, 4) is 0 Å². The zero-order valence-corrected chi connectivity index (χ0v) is 14.5. The summed E-state index contributed by atoms with van der Waals surface area (Å²) in [7, 11) is 1.52. The molecule has 0 heterocycles. The van der Waals surface area contributed by atoms with Crippen molar-refractivity contribution in [3.63, 3.8) is 0 Å². The number of nitrogens with one attached hydrogen (secondary N) is 2. The van der Waals surface area contributed by atoms with E-state index in [4.69, 9.17) is 9.47 Å². The number of benzene rings is 1. The molecule has 8 heteroatoms. The van der Waals surface area contributed by atoms with E-state index in [0.29, 0.717) is 18.7 Å². The molecule has 1 atom stereocenters. The minimum atomic E-state index is -0.863. The number of halogens is 1. The van der Waals surface area contributed by atoms with Gasteiger partial charge < -0.3 is 20.1 Å². The molecule has 0 saturated heterocycles. The number of rotatable bonds is 8. The van der Waals surface area contributed by atoms with E-state index in [-0.39, 0.29) is 0 Å². The number of hydrogen-bond acceptors (Lipinski definition) is 5. The lowest BCUT2D eigenvalue weighted by atomic mass is 10.2. The van der Waals surface area contributed by atoms with Crippen molar-refractivity contribution in [2.75, 3.05) is 26.9 Å². The summed E-state index contributed by atoms with van der Waals surface area (Å²) in [6.45, 7) is 1.80. The van der Waals surface area contributed by atoms with E-state index in [1.807, 2.05) is 0 Å². The first-order valence-corrected chi connectivity index (χ1v) is 7.72. The molecule has 1 aromatic rings. The van der Waals surface area contributed by atoms with Crippen molar-refractivity contribution < 1.29 is 23.9 Å². The highest BCUT2D eigenvalue weighted by Crippen LogP contribution is 2.10. The van der Waals surface area contributed by atoms with Crippen molar-refractivity contribution in [2.24, 2.45) is 0 Å². The van der Waals surface area contributed by atoms with Crippen LogP contribution in [-0.4, -0.2) is 50.7 Å². The van der Waals surface area contributed by atoms with Crippen LogP contribution in [0.5, 0.6) is 0 Å². The van der Waals surface area contributed by atoms with Gasteiger partial charge in [-0.2, -0.15) is 0 Å². The second-order valence-corrected chi connectivity index (χ2v) is 5.57. The van der Waals surface area contributed by atoms with Crippen LogP contribution in [-0.2, 0) is 19.1 Å². The molecule has 7 nitrogen and oxygen atoms in total. The van der Waals surface area contributed by atoms with Crippen LogP contribution in [0.4, 0.5) is 0 Å². The van der Waals surface area contributed by atoms with Crippen molar-refractivity contribution in [2.45, 2.75) is 13.0 Å². The molecule has 0 fully saturated rings. The van der Waals surface area contributed by atoms with E-state index in [1.165, 1.54) is 14.0 Å². The number of esters is 1. The molecule has 23 heavy (non-hydrogen) atoms. The van der Waals surface area contributed by atoms with Gasteiger partial charge >= 0.3 is 5.97 Å². The molecule has 0 aliphatic rings. The SMILES string of the molecule is COCCNC(=O)COC(=O)[C@H](C)NC(=O)c1ccc(Br)cc1. The van der Waals surface area contributed by atoms with Gasteiger partial charge in [0.1, 0.15) is 6.04 Å². The van der Waals surface area contributed by atoms with Gasteiger partial charge in [-0.05, 0) is 31.2 Å². The smallest absolute Gasteiger partial charge is 0.328 e. The first-order chi connectivity index (χ1) is 10.9. The third kappa shape index (κ3) is 7.25. The molecule has 1 rings (SSSR count). The highest BCUT2D eigenvalue weighted by molar-refractivity contribution is 9.10. The summed E-state index contributed by atoms with van der Waals surface area (Å²) in [6.07, 6.45) is 0. The molecule has 0 aliphatic carbocycles. The first kappa shape index (κ1) is 19.1. The van der Waals surface area contributed by atoms with Crippen molar-refractivity contribution in [3.05, 3.63) is 34.3 Å². The predicted molar refractivity (Wildman–Crippen MR) is 86.9 cm³/mol. The summed E-state index contributed by atoms with van der Waals surface area (Å²) < 4.78 is 10.5. The van der Waals surface area contributed by atoms with Gasteiger partial charge in [0, 0.05) is 23.7 Å². The second-order valence-electron chi connectivity index (χ2n) is 4.65. The van der Waals surface area contributed by atoms with Gasteiger partial charge in [0.05, 0.1) is 6.61 Å². The lowest BCUT2D eigenvalue weighted by Gasteiger charge is -2.13. The third-order valence-corrected chi connectivity index (χ3v) is 3.31. The van der Waals surface area contributed by atoms with Crippen LogP contribution in [0.1, 0.15) is 17.3 Å². The Morgan fingerprint density at radius 2 is 1.87 bits per heavy atom. The predicted octanol–water partition coefficient (Wildman–Crippen LogP) is 0.873. The van der Waals surface area contributed by atoms with Gasteiger partial charge in [-0.1, -0.05) is 15.9 Å². The Morgan fingerprint density at radius 3 is 2.48 bits per heavy atom.